The molecule has 0 aliphatic rings. The van der Waals surface area contributed by atoms with Gasteiger partial charge in [0.15, 0.2) is 11.5 Å². The zero-order valence-corrected chi connectivity index (χ0v) is 19.6. The van der Waals surface area contributed by atoms with E-state index in [2.05, 4.69) is 20.1 Å². The number of hydrogen-bond acceptors (Lipinski definition) is 11. The third-order valence-electron chi connectivity index (χ3n) is 4.36. The normalized spacial score (nSPS) is 10.3. The number of nitrogens with one attached hydrogen (secondary N) is 1. The summed E-state index contributed by atoms with van der Waals surface area (Å²) in [5.74, 6) is -0.335. The summed E-state index contributed by atoms with van der Waals surface area (Å²) >= 11 is 0. The first-order valence-corrected chi connectivity index (χ1v) is 10.3. The van der Waals surface area contributed by atoms with Crippen LogP contribution in [-0.4, -0.2) is 71.7 Å². The maximum Gasteiger partial charge on any atom is 0.328 e. The van der Waals surface area contributed by atoms with E-state index in [1.807, 2.05) is 6.07 Å². The summed E-state index contributed by atoms with van der Waals surface area (Å²) in [6.07, 6.45) is 5.93. The van der Waals surface area contributed by atoms with Crippen LogP contribution in [0.3, 0.4) is 0 Å². The van der Waals surface area contributed by atoms with Gasteiger partial charge in [0.2, 0.25) is 5.75 Å². The molecule has 2 aromatic rings. The Labute approximate surface area is 200 Å². The molecule has 0 spiro atoms. The number of ether oxygens (including phenoxy) is 3. The molecule has 1 aromatic carbocycles. The molecular weight excluding hydrogens is 468 g/mol. The number of aromatic nitrogens is 2. The van der Waals surface area contributed by atoms with Gasteiger partial charge >= 0.3 is 11.9 Å². The van der Waals surface area contributed by atoms with Crippen molar-refractivity contribution >= 4 is 28.7 Å². The Morgan fingerprint density at radius 3 is 2.17 bits per heavy atom. The second-order valence-corrected chi connectivity index (χ2v) is 6.67. The summed E-state index contributed by atoms with van der Waals surface area (Å²) in [5.41, 5.74) is 0.629. The molecule has 1 aromatic heterocycles. The van der Waals surface area contributed by atoms with Crippen molar-refractivity contribution in [3.05, 3.63) is 34.7 Å². The van der Waals surface area contributed by atoms with E-state index < -0.39 is 17.0 Å². The van der Waals surface area contributed by atoms with Gasteiger partial charge in [-0.25, -0.2) is 19.6 Å². The fourth-order valence-electron chi connectivity index (χ4n) is 2.87. The largest absolute Gasteiger partial charge is 0.493 e. The van der Waals surface area contributed by atoms with Crippen molar-refractivity contribution in [1.29, 1.82) is 0 Å². The van der Waals surface area contributed by atoms with E-state index in [1.54, 1.807) is 21.3 Å². The van der Waals surface area contributed by atoms with Crippen LogP contribution in [0, 0.1) is 10.1 Å². The molecule has 0 amide bonds. The molecule has 0 saturated carbocycles. The number of carboxylic acids is 2. The summed E-state index contributed by atoms with van der Waals surface area (Å²) in [5, 5.41) is 29.0. The molecule has 0 saturated heterocycles. The quantitative estimate of drug-likeness (QED) is 0.150. The molecule has 192 valence electrons. The van der Waals surface area contributed by atoms with Gasteiger partial charge in [0, 0.05) is 18.7 Å². The first-order valence-electron chi connectivity index (χ1n) is 10.3. The molecule has 0 aliphatic heterocycles. The van der Waals surface area contributed by atoms with Crippen LogP contribution in [0.4, 0.5) is 5.82 Å². The Hall–Kier alpha value is -4.36. The lowest BCUT2D eigenvalue weighted by Crippen LogP contribution is -2.06. The van der Waals surface area contributed by atoms with Crippen LogP contribution < -0.4 is 19.5 Å². The topological polar surface area (TPSA) is 192 Å². The molecule has 0 fully saturated rings. The predicted octanol–water partition coefficient (Wildman–Crippen LogP) is 2.55. The highest BCUT2D eigenvalue weighted by Gasteiger charge is 2.19. The van der Waals surface area contributed by atoms with Crippen molar-refractivity contribution < 1.29 is 43.9 Å². The molecule has 0 aliphatic carbocycles. The maximum atomic E-state index is 10.1. The van der Waals surface area contributed by atoms with E-state index in [0.717, 1.165) is 24.6 Å². The van der Waals surface area contributed by atoms with Gasteiger partial charge in [-0.2, -0.15) is 0 Å². The van der Waals surface area contributed by atoms with Crippen LogP contribution in [0.25, 0.3) is 10.9 Å². The molecule has 1 heterocycles. The Kier molecular flexibility index (Phi) is 12.7. The van der Waals surface area contributed by atoms with E-state index in [-0.39, 0.29) is 6.61 Å². The Bertz CT molecular complexity index is 1010. The Morgan fingerprint density at radius 2 is 1.63 bits per heavy atom. The first-order chi connectivity index (χ1) is 16.7. The van der Waals surface area contributed by atoms with Gasteiger partial charge in [-0.3, -0.25) is 0 Å². The van der Waals surface area contributed by atoms with E-state index in [1.165, 1.54) is 6.33 Å². The standard InChI is InChI=1S/C17H24N4O6.C4H4O4/c1-24-13-10-12-14(16(26-3)15(13)25-2)19-11-20-17(12)18-8-6-4-5-7-9-27-21(22)23;5-3(6)1-2-4(7)8/h10-11H,4-9H2,1-3H3,(H,18,19,20);1-2H,(H,5,6)(H,7,8)/b;2-1+. The van der Waals surface area contributed by atoms with E-state index >= 15 is 0 Å². The minimum Gasteiger partial charge on any atom is -0.493 e. The fraction of sp³-hybridized carbons (Fsp3) is 0.429. The van der Waals surface area contributed by atoms with Crippen LogP contribution in [-0.2, 0) is 14.4 Å². The highest BCUT2D eigenvalue weighted by molar-refractivity contribution is 5.96. The number of nitrogens with zero attached hydrogens (tertiary/aromatic N) is 3. The van der Waals surface area contributed by atoms with Crippen molar-refractivity contribution in [2.75, 3.05) is 39.8 Å². The highest BCUT2D eigenvalue weighted by Crippen LogP contribution is 2.43. The van der Waals surface area contributed by atoms with Crippen molar-refractivity contribution in [1.82, 2.24) is 9.97 Å². The number of carbonyl (C=O) groups is 2. The monoisotopic (exact) mass is 496 g/mol. The average molecular weight is 496 g/mol. The van der Waals surface area contributed by atoms with Gasteiger partial charge in [0.1, 0.15) is 17.7 Å². The second kappa shape index (κ2) is 15.5. The van der Waals surface area contributed by atoms with Crippen molar-refractivity contribution in [2.24, 2.45) is 0 Å². The zero-order valence-electron chi connectivity index (χ0n) is 19.6. The summed E-state index contributed by atoms with van der Waals surface area (Å²) in [6, 6.07) is 1.81. The van der Waals surface area contributed by atoms with Crippen LogP contribution >= 0.6 is 0 Å². The number of anilines is 1. The maximum absolute atomic E-state index is 10.1. The molecule has 14 heteroatoms. The molecule has 0 bridgehead atoms. The molecule has 35 heavy (non-hydrogen) atoms. The summed E-state index contributed by atoms with van der Waals surface area (Å²) in [6.45, 7) is 0.845. The smallest absolute Gasteiger partial charge is 0.328 e. The predicted molar refractivity (Wildman–Crippen MR) is 124 cm³/mol. The molecule has 14 nitrogen and oxygen atoms in total. The van der Waals surface area contributed by atoms with Gasteiger partial charge in [0.05, 0.1) is 33.3 Å². The first kappa shape index (κ1) is 28.7. The fourth-order valence-corrected chi connectivity index (χ4v) is 2.87. The van der Waals surface area contributed by atoms with Gasteiger partial charge in [-0.05, 0) is 18.9 Å². The lowest BCUT2D eigenvalue weighted by atomic mass is 10.1. The van der Waals surface area contributed by atoms with Gasteiger partial charge < -0.3 is 34.6 Å². The molecule has 0 atom stereocenters. The number of methoxy groups -OCH3 is 3. The van der Waals surface area contributed by atoms with Crippen LogP contribution in [0.15, 0.2) is 24.5 Å². The van der Waals surface area contributed by atoms with E-state index in [4.69, 9.17) is 24.4 Å². The van der Waals surface area contributed by atoms with Crippen LogP contribution in [0.5, 0.6) is 17.2 Å². The number of unbranched alkanes of at least 4 members (excludes halogenated alkanes) is 3. The van der Waals surface area contributed by atoms with E-state index in [0.29, 0.717) is 53.7 Å². The van der Waals surface area contributed by atoms with Crippen LogP contribution in [0.1, 0.15) is 25.7 Å². The Balaban J connectivity index is 0.000000658. The van der Waals surface area contributed by atoms with Crippen molar-refractivity contribution in [3.8, 4) is 17.2 Å². The lowest BCUT2D eigenvalue weighted by Gasteiger charge is -2.15. The summed E-state index contributed by atoms with van der Waals surface area (Å²) in [4.78, 5) is 42.1. The molecular formula is C21H28N4O10. The van der Waals surface area contributed by atoms with Gasteiger partial charge in [-0.15, -0.1) is 10.1 Å². The molecule has 2 rings (SSSR count). The van der Waals surface area contributed by atoms with Gasteiger partial charge in [-0.1, -0.05) is 12.8 Å². The Morgan fingerprint density at radius 1 is 1.00 bits per heavy atom. The molecule has 3 N–H and O–H groups in total. The summed E-state index contributed by atoms with van der Waals surface area (Å²) < 4.78 is 16.2. The van der Waals surface area contributed by atoms with E-state index in [9.17, 15) is 19.7 Å². The van der Waals surface area contributed by atoms with Crippen LogP contribution in [0.2, 0.25) is 0 Å². The number of aliphatic carboxylic acids is 2. The summed E-state index contributed by atoms with van der Waals surface area (Å²) in [7, 11) is 4.65. The minimum absolute atomic E-state index is 0.137. The van der Waals surface area contributed by atoms with Crippen molar-refractivity contribution in [2.45, 2.75) is 25.7 Å². The number of carboxylic acid groups (broad SMARTS) is 2. The number of rotatable bonds is 14. The highest BCUT2D eigenvalue weighted by atomic mass is 16.9. The zero-order chi connectivity index (χ0) is 26.2. The average Bonchev–Trinajstić information content (AvgIpc) is 2.83. The second-order valence-electron chi connectivity index (χ2n) is 6.67. The van der Waals surface area contributed by atoms with Crippen molar-refractivity contribution in [3.63, 3.8) is 0 Å². The molecule has 0 unspecified atom stereocenters. The number of fused-ring (bicyclic) bond motifs is 1. The number of hydrogen-bond donors (Lipinski definition) is 3. The minimum atomic E-state index is -1.26. The third kappa shape index (κ3) is 9.98. The lowest BCUT2D eigenvalue weighted by molar-refractivity contribution is -0.757. The molecule has 0 radical (unpaired) electrons. The van der Waals surface area contributed by atoms with Gasteiger partial charge in [0.25, 0.3) is 5.09 Å². The SMILES string of the molecule is COc1cc2c(NCCCCCCO[N+](=O)[O-])ncnc2c(OC)c1OC.O=C(O)/C=C/C(=O)O. The number of benzene rings is 1. The third-order valence-corrected chi connectivity index (χ3v) is 4.36.